The van der Waals surface area contributed by atoms with Crippen molar-refractivity contribution in [3.63, 3.8) is 0 Å². The molecule has 0 aliphatic carbocycles. The number of nitrogens with one attached hydrogen (secondary N) is 1. The lowest BCUT2D eigenvalue weighted by Gasteiger charge is -2.08. The fourth-order valence-corrected chi connectivity index (χ4v) is 2.92. The molecule has 3 aromatic rings. The molecule has 0 unspecified atom stereocenters. The van der Waals surface area contributed by atoms with E-state index in [1.165, 1.54) is 0 Å². The predicted octanol–water partition coefficient (Wildman–Crippen LogP) is 4.12. The smallest absolute Gasteiger partial charge is 0.325 e. The van der Waals surface area contributed by atoms with Crippen molar-refractivity contribution >= 4 is 28.4 Å². The Morgan fingerprint density at radius 2 is 1.52 bits per heavy atom. The highest BCUT2D eigenvalue weighted by molar-refractivity contribution is 6.00. The van der Waals surface area contributed by atoms with Crippen LogP contribution in [0.5, 0.6) is 0 Å². The highest BCUT2D eigenvalue weighted by atomic mass is 16.5. The molecule has 0 aromatic heterocycles. The third-order valence-electron chi connectivity index (χ3n) is 4.67. The van der Waals surface area contributed by atoms with Crippen molar-refractivity contribution in [3.05, 3.63) is 83.4 Å². The Bertz CT molecular complexity index is 1040. The summed E-state index contributed by atoms with van der Waals surface area (Å²) in [7, 11) is 0. The molecule has 0 fully saturated rings. The first-order valence-corrected chi connectivity index (χ1v) is 9.50. The van der Waals surface area contributed by atoms with Gasteiger partial charge >= 0.3 is 5.97 Å². The van der Waals surface area contributed by atoms with Gasteiger partial charge in [-0.05, 0) is 34.4 Å². The third-order valence-corrected chi connectivity index (χ3v) is 4.67. The molecule has 0 heterocycles. The van der Waals surface area contributed by atoms with E-state index in [4.69, 9.17) is 4.74 Å². The summed E-state index contributed by atoms with van der Waals surface area (Å²) < 4.78 is 4.99. The number of carbonyl (C=O) groups excluding carboxylic acids is 3. The fourth-order valence-electron chi connectivity index (χ4n) is 2.92. The largest absolute Gasteiger partial charge is 0.456 e. The Hall–Kier alpha value is -3.47. The summed E-state index contributed by atoms with van der Waals surface area (Å²) in [4.78, 5) is 36.3. The number of ether oxygens (including phenoxy) is 1. The number of fused-ring (bicyclic) bond motifs is 1. The van der Waals surface area contributed by atoms with Gasteiger partial charge in [-0.2, -0.15) is 0 Å². The highest BCUT2D eigenvalue weighted by Gasteiger charge is 2.13. The number of hydrogen-bond donors (Lipinski definition) is 1. The monoisotopic (exact) mass is 389 g/mol. The lowest BCUT2D eigenvalue weighted by Crippen LogP contribution is -2.31. The number of amides is 1. The molecule has 3 rings (SSSR count). The van der Waals surface area contributed by atoms with Gasteiger partial charge in [0.1, 0.15) is 6.54 Å². The quantitative estimate of drug-likeness (QED) is 0.487. The van der Waals surface area contributed by atoms with Crippen LogP contribution < -0.4 is 5.32 Å². The maximum absolute atomic E-state index is 12.3. The zero-order valence-electron chi connectivity index (χ0n) is 16.5. The van der Waals surface area contributed by atoms with Crippen molar-refractivity contribution in [2.75, 3.05) is 13.2 Å². The molecule has 3 aromatic carbocycles. The number of rotatable bonds is 7. The minimum atomic E-state index is -0.661. The van der Waals surface area contributed by atoms with Crippen molar-refractivity contribution in [1.29, 1.82) is 0 Å². The summed E-state index contributed by atoms with van der Waals surface area (Å²) in [6.07, 6.45) is 0. The van der Waals surface area contributed by atoms with Crippen LogP contribution >= 0.6 is 0 Å². The topological polar surface area (TPSA) is 72.5 Å². The van der Waals surface area contributed by atoms with E-state index in [0.29, 0.717) is 17.0 Å². The van der Waals surface area contributed by atoms with Gasteiger partial charge < -0.3 is 10.1 Å². The van der Waals surface area contributed by atoms with Gasteiger partial charge in [0.05, 0.1) is 0 Å². The van der Waals surface area contributed by atoms with Crippen LogP contribution in [0.3, 0.4) is 0 Å². The molecule has 1 amide bonds. The first-order chi connectivity index (χ1) is 13.9. The first kappa shape index (κ1) is 20.3. The number of esters is 1. The summed E-state index contributed by atoms with van der Waals surface area (Å²) in [5, 5.41) is 4.49. The van der Waals surface area contributed by atoms with E-state index >= 15 is 0 Å². The minimum absolute atomic E-state index is 0.283. The normalized spacial score (nSPS) is 10.7. The van der Waals surface area contributed by atoms with Crippen LogP contribution in [-0.4, -0.2) is 30.8 Å². The maximum Gasteiger partial charge on any atom is 0.325 e. The summed E-state index contributed by atoms with van der Waals surface area (Å²) in [5.41, 5.74) is 2.08. The second kappa shape index (κ2) is 9.15. The average molecular weight is 389 g/mol. The molecule has 1 N–H and O–H groups in total. The van der Waals surface area contributed by atoms with Crippen LogP contribution in [-0.2, 0) is 9.53 Å². The first-order valence-electron chi connectivity index (χ1n) is 9.50. The molecular weight excluding hydrogens is 366 g/mol. The summed E-state index contributed by atoms with van der Waals surface area (Å²) >= 11 is 0. The van der Waals surface area contributed by atoms with E-state index in [0.717, 1.165) is 16.3 Å². The molecule has 0 bridgehead atoms. The predicted molar refractivity (Wildman–Crippen MR) is 112 cm³/mol. The second-order valence-electron chi connectivity index (χ2n) is 7.11. The number of ketones is 1. The van der Waals surface area contributed by atoms with Gasteiger partial charge in [0.2, 0.25) is 0 Å². The van der Waals surface area contributed by atoms with Gasteiger partial charge in [0, 0.05) is 11.1 Å². The van der Waals surface area contributed by atoms with E-state index < -0.39 is 5.97 Å². The van der Waals surface area contributed by atoms with Crippen molar-refractivity contribution < 1.29 is 19.1 Å². The van der Waals surface area contributed by atoms with E-state index in [2.05, 4.69) is 19.2 Å². The standard InChI is InChI=1S/C24H23NO4/c1-16(2)17-7-10-19(11-8-17)22(26)15-29-23(27)14-25-24(28)21-12-9-18-5-3-4-6-20(18)13-21/h3-13,16H,14-15H2,1-2H3,(H,25,28). The third kappa shape index (κ3) is 5.29. The van der Waals surface area contributed by atoms with Crippen LogP contribution in [0.2, 0.25) is 0 Å². The minimum Gasteiger partial charge on any atom is -0.456 e. The fraction of sp³-hybridized carbons (Fsp3) is 0.208. The van der Waals surface area contributed by atoms with Crippen LogP contribution in [0.25, 0.3) is 10.8 Å². The molecule has 0 aliphatic rings. The van der Waals surface area contributed by atoms with Gasteiger partial charge in [0.25, 0.3) is 5.91 Å². The molecule has 148 valence electrons. The Kier molecular flexibility index (Phi) is 6.39. The van der Waals surface area contributed by atoms with Crippen LogP contribution in [0.15, 0.2) is 66.7 Å². The second-order valence-corrected chi connectivity index (χ2v) is 7.11. The Morgan fingerprint density at radius 3 is 2.21 bits per heavy atom. The molecule has 0 spiro atoms. The summed E-state index contributed by atoms with van der Waals surface area (Å²) in [6, 6.07) is 20.3. The molecule has 5 heteroatoms. The Labute approximate surface area is 169 Å². The number of benzene rings is 3. The average Bonchev–Trinajstić information content (AvgIpc) is 2.75. The number of hydrogen-bond acceptors (Lipinski definition) is 4. The zero-order valence-corrected chi connectivity index (χ0v) is 16.5. The molecule has 29 heavy (non-hydrogen) atoms. The molecule has 0 saturated heterocycles. The van der Waals surface area contributed by atoms with Crippen molar-refractivity contribution in [2.45, 2.75) is 19.8 Å². The van der Waals surface area contributed by atoms with E-state index in [1.807, 2.05) is 42.5 Å². The SMILES string of the molecule is CC(C)c1ccc(C(=O)COC(=O)CNC(=O)c2ccc3ccccc3c2)cc1. The maximum atomic E-state index is 12.3. The molecule has 5 nitrogen and oxygen atoms in total. The summed E-state index contributed by atoms with van der Waals surface area (Å²) in [6.45, 7) is 3.49. The highest BCUT2D eigenvalue weighted by Crippen LogP contribution is 2.16. The van der Waals surface area contributed by atoms with Gasteiger partial charge in [0.15, 0.2) is 12.4 Å². The van der Waals surface area contributed by atoms with Gasteiger partial charge in [-0.15, -0.1) is 0 Å². The lowest BCUT2D eigenvalue weighted by molar-refractivity contribution is -0.141. The van der Waals surface area contributed by atoms with Crippen molar-refractivity contribution in [2.24, 2.45) is 0 Å². The summed E-state index contributed by atoms with van der Waals surface area (Å²) in [5.74, 6) is -0.938. The lowest BCUT2D eigenvalue weighted by atomic mass is 10.0. The molecule has 0 atom stereocenters. The zero-order chi connectivity index (χ0) is 20.8. The van der Waals surface area contributed by atoms with Gasteiger partial charge in [-0.25, -0.2) is 0 Å². The molecule has 0 radical (unpaired) electrons. The van der Waals surface area contributed by atoms with Gasteiger partial charge in [-0.3, -0.25) is 14.4 Å². The Morgan fingerprint density at radius 1 is 0.862 bits per heavy atom. The van der Waals surface area contributed by atoms with E-state index in [-0.39, 0.29) is 24.8 Å². The van der Waals surface area contributed by atoms with Crippen LogP contribution in [0, 0.1) is 0 Å². The van der Waals surface area contributed by atoms with E-state index in [1.54, 1.807) is 24.3 Å². The van der Waals surface area contributed by atoms with Crippen molar-refractivity contribution in [1.82, 2.24) is 5.32 Å². The number of Topliss-reactive ketones (excluding diaryl/α,β-unsaturated/α-hetero) is 1. The van der Waals surface area contributed by atoms with Gasteiger partial charge in [-0.1, -0.05) is 68.4 Å². The van der Waals surface area contributed by atoms with Crippen molar-refractivity contribution in [3.8, 4) is 0 Å². The molecule has 0 saturated carbocycles. The van der Waals surface area contributed by atoms with Crippen LogP contribution in [0.1, 0.15) is 46.0 Å². The number of carbonyl (C=O) groups is 3. The molecule has 0 aliphatic heterocycles. The van der Waals surface area contributed by atoms with Crippen LogP contribution in [0.4, 0.5) is 0 Å². The molecular formula is C24H23NO4. The van der Waals surface area contributed by atoms with E-state index in [9.17, 15) is 14.4 Å². The Balaban J connectivity index is 1.48.